The van der Waals surface area contributed by atoms with Gasteiger partial charge in [-0.25, -0.2) is 0 Å². The van der Waals surface area contributed by atoms with Gasteiger partial charge in [0.25, 0.3) is 5.91 Å². The van der Waals surface area contributed by atoms with Gasteiger partial charge in [-0.1, -0.05) is 25.0 Å². The lowest BCUT2D eigenvalue weighted by Crippen LogP contribution is -2.37. The Hall–Kier alpha value is -2.47. The first-order chi connectivity index (χ1) is 14.8. The second-order valence-electron chi connectivity index (χ2n) is 8.46. The van der Waals surface area contributed by atoms with Crippen LogP contribution in [0.4, 0.5) is 0 Å². The fourth-order valence-corrected chi connectivity index (χ4v) is 4.70. The average molecular weight is 408 g/mol. The first kappa shape index (κ1) is 20.8. The van der Waals surface area contributed by atoms with E-state index >= 15 is 0 Å². The van der Waals surface area contributed by atoms with Crippen LogP contribution in [0.3, 0.4) is 0 Å². The third-order valence-corrected chi connectivity index (χ3v) is 6.31. The summed E-state index contributed by atoms with van der Waals surface area (Å²) in [5.74, 6) is 0.118. The molecule has 0 bridgehead atoms. The van der Waals surface area contributed by atoms with Gasteiger partial charge in [-0.05, 0) is 56.7 Å². The van der Waals surface area contributed by atoms with E-state index in [2.05, 4.69) is 22.9 Å². The third kappa shape index (κ3) is 4.81. The zero-order valence-electron chi connectivity index (χ0n) is 17.9. The maximum absolute atomic E-state index is 13.3. The number of likely N-dealkylation sites (tertiary alicyclic amines) is 1. The van der Waals surface area contributed by atoms with Crippen molar-refractivity contribution >= 4 is 5.91 Å². The molecule has 1 aliphatic heterocycles. The van der Waals surface area contributed by atoms with Crippen LogP contribution in [-0.4, -0.2) is 51.2 Å². The zero-order valence-corrected chi connectivity index (χ0v) is 17.9. The quantitative estimate of drug-likeness (QED) is 0.716. The Morgan fingerprint density at radius 2 is 2.10 bits per heavy atom. The maximum Gasteiger partial charge on any atom is 0.274 e. The highest BCUT2D eigenvalue weighted by molar-refractivity contribution is 5.94. The van der Waals surface area contributed by atoms with Crippen LogP contribution >= 0.6 is 0 Å². The highest BCUT2D eigenvalue weighted by Crippen LogP contribution is 2.27. The molecule has 0 aromatic carbocycles. The lowest BCUT2D eigenvalue weighted by molar-refractivity contribution is 0.0753. The second-order valence-corrected chi connectivity index (χ2v) is 8.46. The second kappa shape index (κ2) is 10.0. The van der Waals surface area contributed by atoms with Crippen molar-refractivity contribution in [2.75, 3.05) is 19.6 Å². The molecule has 0 saturated carbocycles. The van der Waals surface area contributed by atoms with Crippen LogP contribution in [0.2, 0.25) is 0 Å². The molecule has 1 fully saturated rings. The predicted molar refractivity (Wildman–Crippen MR) is 119 cm³/mol. The summed E-state index contributed by atoms with van der Waals surface area (Å²) in [5, 5.41) is 8.47. The van der Waals surface area contributed by atoms with Gasteiger partial charge < -0.3 is 10.2 Å². The highest BCUT2D eigenvalue weighted by Gasteiger charge is 2.31. The van der Waals surface area contributed by atoms with Gasteiger partial charge in [0.15, 0.2) is 5.69 Å². The Kier molecular flexibility index (Phi) is 6.95. The molecule has 0 radical (unpaired) electrons. The normalized spacial score (nSPS) is 19.2. The summed E-state index contributed by atoms with van der Waals surface area (Å²) in [6.07, 6.45) is 14.1. The number of allylic oxidation sites excluding steroid dienone is 1. The van der Waals surface area contributed by atoms with Gasteiger partial charge in [-0.15, -0.1) is 6.58 Å². The fraction of sp³-hybridized carbons (Fsp3) is 0.542. The minimum absolute atomic E-state index is 0.118. The standard InChI is InChI=1S/C24H33N5O/c1-2-14-29-22-10-9-20(26-13-11-19-8-7-12-25-18-19)17-21(22)23(27-29)24(30)28-15-5-3-4-6-16-28/h2,7-8,12,18,20,26H,1,3-6,9-11,13-17H2/t20-/m1/s1. The van der Waals surface area contributed by atoms with Gasteiger partial charge in [0.1, 0.15) is 0 Å². The van der Waals surface area contributed by atoms with E-state index in [9.17, 15) is 4.79 Å². The molecule has 2 aliphatic rings. The average Bonchev–Trinajstić information content (AvgIpc) is 2.93. The number of nitrogens with zero attached hydrogens (tertiary/aromatic N) is 4. The Labute approximate surface area is 179 Å². The summed E-state index contributed by atoms with van der Waals surface area (Å²) in [4.78, 5) is 19.6. The Bertz CT molecular complexity index is 852. The van der Waals surface area contributed by atoms with Crippen LogP contribution in [0, 0.1) is 0 Å². The van der Waals surface area contributed by atoms with E-state index < -0.39 is 0 Å². The van der Waals surface area contributed by atoms with Gasteiger partial charge in [0, 0.05) is 42.8 Å². The first-order valence-electron chi connectivity index (χ1n) is 11.4. The molecule has 0 unspecified atom stereocenters. The number of pyridine rings is 1. The van der Waals surface area contributed by atoms with Crippen molar-refractivity contribution < 1.29 is 4.79 Å². The molecular formula is C24H33N5O. The van der Waals surface area contributed by atoms with Crippen molar-refractivity contribution in [3.8, 4) is 0 Å². The van der Waals surface area contributed by atoms with E-state index in [1.54, 1.807) is 0 Å². The zero-order chi connectivity index (χ0) is 20.8. The third-order valence-electron chi connectivity index (χ3n) is 6.31. The SMILES string of the molecule is C=CCn1nc(C(=O)N2CCCCCC2)c2c1CC[C@@H](NCCc1cccnc1)C2. The van der Waals surface area contributed by atoms with Crippen LogP contribution < -0.4 is 5.32 Å². The Morgan fingerprint density at radius 1 is 1.27 bits per heavy atom. The topological polar surface area (TPSA) is 63.1 Å². The largest absolute Gasteiger partial charge is 0.337 e. The number of hydrogen-bond acceptors (Lipinski definition) is 4. The minimum Gasteiger partial charge on any atom is -0.337 e. The molecule has 0 spiro atoms. The van der Waals surface area contributed by atoms with Gasteiger partial charge in [-0.2, -0.15) is 5.10 Å². The molecule has 6 heteroatoms. The Balaban J connectivity index is 1.46. The molecule has 1 saturated heterocycles. The van der Waals surface area contributed by atoms with Crippen LogP contribution in [0.25, 0.3) is 0 Å². The summed E-state index contributed by atoms with van der Waals surface area (Å²) in [5.41, 5.74) is 4.29. The van der Waals surface area contributed by atoms with Crippen LogP contribution in [0.1, 0.15) is 59.4 Å². The van der Waals surface area contributed by atoms with Crippen molar-refractivity contribution in [2.24, 2.45) is 0 Å². The number of amides is 1. The lowest BCUT2D eigenvalue weighted by atomic mass is 9.91. The van der Waals surface area contributed by atoms with Crippen LogP contribution in [0.5, 0.6) is 0 Å². The number of carbonyl (C=O) groups is 1. The summed E-state index contributed by atoms with van der Waals surface area (Å²) in [7, 11) is 0. The fourth-order valence-electron chi connectivity index (χ4n) is 4.70. The number of carbonyl (C=O) groups excluding carboxylic acids is 1. The van der Waals surface area contributed by atoms with Crippen molar-refractivity contribution in [2.45, 2.75) is 64.0 Å². The van der Waals surface area contributed by atoms with E-state index in [-0.39, 0.29) is 5.91 Å². The van der Waals surface area contributed by atoms with Crippen molar-refractivity contribution in [3.05, 3.63) is 59.7 Å². The lowest BCUT2D eigenvalue weighted by Gasteiger charge is -2.25. The molecule has 4 rings (SSSR count). The number of nitrogens with one attached hydrogen (secondary N) is 1. The van der Waals surface area contributed by atoms with Crippen LogP contribution in [0.15, 0.2) is 37.2 Å². The molecule has 2 aromatic heterocycles. The molecule has 1 aliphatic carbocycles. The van der Waals surface area contributed by atoms with Gasteiger partial charge >= 0.3 is 0 Å². The molecule has 1 amide bonds. The van der Waals surface area contributed by atoms with Gasteiger partial charge in [-0.3, -0.25) is 14.5 Å². The smallest absolute Gasteiger partial charge is 0.274 e. The summed E-state index contributed by atoms with van der Waals surface area (Å²) >= 11 is 0. The number of fused-ring (bicyclic) bond motifs is 1. The molecule has 1 atom stereocenters. The van der Waals surface area contributed by atoms with E-state index in [0.717, 1.165) is 63.7 Å². The molecular weight excluding hydrogens is 374 g/mol. The Morgan fingerprint density at radius 3 is 2.83 bits per heavy atom. The maximum atomic E-state index is 13.3. The van der Waals surface area contributed by atoms with Gasteiger partial charge in [0.05, 0.1) is 6.54 Å². The summed E-state index contributed by atoms with van der Waals surface area (Å²) < 4.78 is 2.00. The van der Waals surface area contributed by atoms with E-state index in [1.165, 1.54) is 24.1 Å². The predicted octanol–water partition coefficient (Wildman–Crippen LogP) is 3.17. The number of rotatable bonds is 7. The number of aromatic nitrogens is 3. The van der Waals surface area contributed by atoms with E-state index in [0.29, 0.717) is 18.3 Å². The van der Waals surface area contributed by atoms with E-state index in [1.807, 2.05) is 34.1 Å². The van der Waals surface area contributed by atoms with E-state index in [4.69, 9.17) is 5.10 Å². The molecule has 160 valence electrons. The minimum atomic E-state index is 0.118. The molecule has 6 nitrogen and oxygen atoms in total. The van der Waals surface area contributed by atoms with Crippen molar-refractivity contribution in [1.82, 2.24) is 25.0 Å². The summed E-state index contributed by atoms with van der Waals surface area (Å²) in [6, 6.07) is 4.48. The van der Waals surface area contributed by atoms with Crippen LogP contribution in [-0.2, 0) is 25.8 Å². The first-order valence-corrected chi connectivity index (χ1v) is 11.4. The molecule has 2 aromatic rings. The molecule has 1 N–H and O–H groups in total. The molecule has 30 heavy (non-hydrogen) atoms. The van der Waals surface area contributed by atoms with Gasteiger partial charge in [0.2, 0.25) is 0 Å². The van der Waals surface area contributed by atoms with Crippen molar-refractivity contribution in [1.29, 1.82) is 0 Å². The number of hydrogen-bond donors (Lipinski definition) is 1. The summed E-state index contributed by atoms with van der Waals surface area (Å²) in [6.45, 7) is 7.16. The molecule has 3 heterocycles. The monoisotopic (exact) mass is 407 g/mol. The van der Waals surface area contributed by atoms with Crippen molar-refractivity contribution in [3.63, 3.8) is 0 Å². The highest BCUT2D eigenvalue weighted by atomic mass is 16.2.